The molecule has 0 radical (unpaired) electrons. The summed E-state index contributed by atoms with van der Waals surface area (Å²) in [7, 11) is 0. The molecule has 1 aliphatic carbocycles. The number of hydrogen-bond donors (Lipinski definition) is 1. The number of fused-ring (bicyclic) bond motifs is 2. The van der Waals surface area contributed by atoms with E-state index in [0.29, 0.717) is 26.1 Å². The van der Waals surface area contributed by atoms with E-state index < -0.39 is 16.7 Å². The topological polar surface area (TPSA) is 143 Å². The van der Waals surface area contributed by atoms with Gasteiger partial charge in [0.25, 0.3) is 17.5 Å². The highest BCUT2D eigenvalue weighted by atomic mass is 32.2. The number of amides is 4. The average Bonchev–Trinajstić information content (AvgIpc) is 3.57. The molecule has 3 aliphatic rings. The Balaban J connectivity index is 1.15. The zero-order chi connectivity index (χ0) is 33.9. The number of carbonyl (C=O) groups excluding carboxylic acids is 4. The van der Waals surface area contributed by atoms with Crippen LogP contribution < -0.4 is 15.1 Å². The molecule has 2 saturated heterocycles. The number of nitrogens with one attached hydrogen (secondary N) is 1. The van der Waals surface area contributed by atoms with Crippen LogP contribution in [-0.2, 0) is 19.2 Å². The molecule has 14 heteroatoms. The molecule has 48 heavy (non-hydrogen) atoms. The van der Waals surface area contributed by atoms with Gasteiger partial charge in [-0.25, -0.2) is 4.98 Å². The van der Waals surface area contributed by atoms with Crippen molar-refractivity contribution >= 4 is 97.4 Å². The number of anilines is 2. The lowest BCUT2D eigenvalue weighted by molar-refractivity contribution is -0.387. The van der Waals surface area contributed by atoms with Crippen LogP contribution in [0.15, 0.2) is 69.4 Å². The fourth-order valence-corrected chi connectivity index (χ4v) is 8.95. The van der Waals surface area contributed by atoms with E-state index in [1.165, 1.54) is 33.3 Å². The number of benzene rings is 3. The first-order valence-electron chi connectivity index (χ1n) is 15.2. The van der Waals surface area contributed by atoms with Crippen LogP contribution in [0.4, 0.5) is 17.1 Å². The lowest BCUT2D eigenvalue weighted by Crippen LogP contribution is -2.54. The van der Waals surface area contributed by atoms with Gasteiger partial charge in [0.15, 0.2) is 9.45 Å². The molecule has 242 valence electrons. The minimum absolute atomic E-state index is 0.0496. The van der Waals surface area contributed by atoms with Gasteiger partial charge in [-0.05, 0) is 86.4 Å². The number of thiocarbonyl (C=S) groups is 1. The SMILES string of the molecule is Cc1ccc(N2C(=O)/C(=C/c3ccc(Sc4nc5ccc(N6C(=O)[C@H]7CCCC[C@@H]7C6=O)cc5s4)c([N+](=O)[O-])c3)C(=O)NC2=S)c(C)c1. The van der Waals surface area contributed by atoms with E-state index in [1.54, 1.807) is 36.4 Å². The van der Waals surface area contributed by atoms with Crippen molar-refractivity contribution in [2.24, 2.45) is 11.8 Å². The van der Waals surface area contributed by atoms with Crippen molar-refractivity contribution in [2.45, 2.75) is 48.8 Å². The maximum atomic E-state index is 13.5. The second kappa shape index (κ2) is 12.3. The Morgan fingerprint density at radius 3 is 2.40 bits per heavy atom. The quantitative estimate of drug-likeness (QED) is 0.0598. The smallest absolute Gasteiger partial charge is 0.283 e. The van der Waals surface area contributed by atoms with E-state index in [0.717, 1.165) is 53.3 Å². The highest BCUT2D eigenvalue weighted by Crippen LogP contribution is 2.43. The third-order valence-electron chi connectivity index (χ3n) is 8.83. The first-order valence-corrected chi connectivity index (χ1v) is 17.3. The van der Waals surface area contributed by atoms with Crippen molar-refractivity contribution < 1.29 is 24.1 Å². The van der Waals surface area contributed by atoms with E-state index in [9.17, 15) is 29.3 Å². The monoisotopic (exact) mass is 697 g/mol. The normalized spacial score (nSPS) is 20.5. The largest absolute Gasteiger partial charge is 0.298 e. The molecule has 0 spiro atoms. The molecule has 0 unspecified atom stereocenters. The number of nitrogens with zero attached hydrogens (tertiary/aromatic N) is 4. The molecule has 3 aromatic carbocycles. The van der Waals surface area contributed by atoms with Crippen molar-refractivity contribution in [3.63, 3.8) is 0 Å². The van der Waals surface area contributed by atoms with Crippen LogP contribution in [0, 0.1) is 35.8 Å². The number of rotatable bonds is 6. The molecular weight excluding hydrogens is 671 g/mol. The van der Waals surface area contributed by atoms with Gasteiger partial charge in [0.2, 0.25) is 11.8 Å². The fraction of sp³-hybridized carbons (Fsp3) is 0.235. The Hall–Kier alpha value is -4.79. The molecule has 2 atom stereocenters. The van der Waals surface area contributed by atoms with Crippen molar-refractivity contribution in [1.82, 2.24) is 10.3 Å². The standard InChI is InChI=1S/C34H27N5O6S3/c1-17-7-11-25(18(2)13-17)38-32(43)23(29(40)36-33(38)46)14-19-8-12-27(26(15-19)39(44)45)47-34-35-24-10-9-20(16-28(24)48-34)37-30(41)21-5-3-4-6-22(21)31(37)42/h7-16,21-22H,3-6H2,1-2H3,(H,36,40,46)/b23-14+/t21-,22-/m0/s1. The summed E-state index contributed by atoms with van der Waals surface area (Å²) in [6.07, 6.45) is 4.66. The van der Waals surface area contributed by atoms with Crippen LogP contribution in [0.25, 0.3) is 16.3 Å². The summed E-state index contributed by atoms with van der Waals surface area (Å²) in [6.45, 7) is 3.76. The lowest BCUT2D eigenvalue weighted by Gasteiger charge is -2.30. The van der Waals surface area contributed by atoms with E-state index in [2.05, 4.69) is 10.3 Å². The number of aryl methyl sites for hydroxylation is 2. The van der Waals surface area contributed by atoms with Crippen molar-refractivity contribution in [3.8, 4) is 0 Å². The van der Waals surface area contributed by atoms with Crippen molar-refractivity contribution in [2.75, 3.05) is 9.80 Å². The first kappa shape index (κ1) is 31.8. The van der Waals surface area contributed by atoms with Crippen LogP contribution in [0.5, 0.6) is 0 Å². The molecule has 1 saturated carbocycles. The van der Waals surface area contributed by atoms with Gasteiger partial charge in [-0.2, -0.15) is 0 Å². The highest BCUT2D eigenvalue weighted by Gasteiger charge is 2.48. The number of carbonyl (C=O) groups is 4. The maximum absolute atomic E-state index is 13.5. The van der Waals surface area contributed by atoms with Gasteiger partial charge in [-0.3, -0.25) is 44.4 Å². The summed E-state index contributed by atoms with van der Waals surface area (Å²) in [6, 6.07) is 15.2. The second-order valence-electron chi connectivity index (χ2n) is 12.0. The predicted molar refractivity (Wildman–Crippen MR) is 187 cm³/mol. The molecule has 1 N–H and O–H groups in total. The van der Waals surface area contributed by atoms with Crippen LogP contribution in [0.1, 0.15) is 42.4 Å². The van der Waals surface area contributed by atoms with Gasteiger partial charge in [0, 0.05) is 6.07 Å². The number of nitro groups is 1. The summed E-state index contributed by atoms with van der Waals surface area (Å²) in [5, 5.41) is 14.7. The minimum Gasteiger partial charge on any atom is -0.298 e. The Labute approximate surface area is 288 Å². The van der Waals surface area contributed by atoms with E-state index in [4.69, 9.17) is 12.2 Å². The van der Waals surface area contributed by atoms with E-state index in [-0.39, 0.29) is 45.6 Å². The number of aromatic nitrogens is 1. The Kier molecular flexibility index (Phi) is 8.17. The van der Waals surface area contributed by atoms with Crippen molar-refractivity contribution in [1.29, 1.82) is 0 Å². The molecule has 2 aliphatic heterocycles. The van der Waals surface area contributed by atoms with Crippen LogP contribution in [0.3, 0.4) is 0 Å². The molecule has 4 amide bonds. The third-order valence-corrected chi connectivity index (χ3v) is 11.3. The number of imide groups is 1. The zero-order valence-electron chi connectivity index (χ0n) is 25.7. The molecule has 0 bridgehead atoms. The predicted octanol–water partition coefficient (Wildman–Crippen LogP) is 6.48. The van der Waals surface area contributed by atoms with Gasteiger partial charge < -0.3 is 0 Å². The Bertz CT molecular complexity index is 2120. The molecule has 1 aromatic heterocycles. The molecule has 3 fully saturated rings. The summed E-state index contributed by atoms with van der Waals surface area (Å²) in [5.41, 5.74) is 3.31. The molecule has 7 rings (SSSR count). The summed E-state index contributed by atoms with van der Waals surface area (Å²) in [4.78, 5) is 71.8. The number of nitro benzene ring substituents is 1. The average molecular weight is 698 g/mol. The zero-order valence-corrected chi connectivity index (χ0v) is 28.2. The Morgan fingerprint density at radius 2 is 1.71 bits per heavy atom. The lowest BCUT2D eigenvalue weighted by atomic mass is 9.81. The Morgan fingerprint density at radius 1 is 0.979 bits per heavy atom. The third kappa shape index (κ3) is 5.59. The van der Waals surface area contributed by atoms with Crippen molar-refractivity contribution in [3.05, 3.63) is 87.0 Å². The van der Waals surface area contributed by atoms with Gasteiger partial charge >= 0.3 is 0 Å². The van der Waals surface area contributed by atoms with Gasteiger partial charge in [-0.1, -0.05) is 48.4 Å². The molecular formula is C34H27N5O6S3. The molecule has 3 heterocycles. The first-order chi connectivity index (χ1) is 23.0. The minimum atomic E-state index is -0.697. The van der Waals surface area contributed by atoms with Gasteiger partial charge in [0.05, 0.1) is 43.2 Å². The fourth-order valence-electron chi connectivity index (χ4n) is 6.54. The maximum Gasteiger partial charge on any atom is 0.283 e. The van der Waals surface area contributed by atoms with Crippen LogP contribution >= 0.6 is 35.3 Å². The molecule has 11 nitrogen and oxygen atoms in total. The van der Waals surface area contributed by atoms with Crippen LogP contribution in [0.2, 0.25) is 0 Å². The summed E-state index contributed by atoms with van der Waals surface area (Å²) in [5.74, 6) is -2.15. The van der Waals surface area contributed by atoms with E-state index in [1.807, 2.05) is 26.0 Å². The van der Waals surface area contributed by atoms with Crippen LogP contribution in [-0.4, -0.2) is 38.6 Å². The highest BCUT2D eigenvalue weighted by molar-refractivity contribution is 8.01. The van der Waals surface area contributed by atoms with Gasteiger partial charge in [0.1, 0.15) is 5.57 Å². The second-order valence-corrected chi connectivity index (χ2v) is 14.7. The van der Waals surface area contributed by atoms with Gasteiger partial charge in [-0.15, -0.1) is 11.3 Å². The number of hydrogen-bond acceptors (Lipinski definition) is 10. The van der Waals surface area contributed by atoms with E-state index >= 15 is 0 Å². The summed E-state index contributed by atoms with van der Waals surface area (Å²) >= 11 is 7.72. The molecule has 4 aromatic rings. The summed E-state index contributed by atoms with van der Waals surface area (Å²) < 4.78 is 1.27. The number of thiazole rings is 1.